The largest absolute Gasteiger partial charge is 0.348 e. The van der Waals surface area contributed by atoms with E-state index >= 15 is 0 Å². The van der Waals surface area contributed by atoms with Crippen molar-refractivity contribution in [2.75, 3.05) is 0 Å². The van der Waals surface area contributed by atoms with Crippen LogP contribution in [-0.2, 0) is 0 Å². The molecule has 1 unspecified atom stereocenters. The SMILES string of the molecule is C[C@H]1CC1NC(=O)c1cnc[nH]1. The molecule has 1 aromatic heterocycles. The molecule has 0 aromatic carbocycles. The minimum atomic E-state index is -0.0538. The lowest BCUT2D eigenvalue weighted by Gasteiger charge is -1.99. The first kappa shape index (κ1) is 7.34. The monoisotopic (exact) mass is 165 g/mol. The van der Waals surface area contributed by atoms with E-state index in [-0.39, 0.29) is 5.91 Å². The van der Waals surface area contributed by atoms with Crippen LogP contribution in [0.3, 0.4) is 0 Å². The maximum absolute atomic E-state index is 11.3. The zero-order valence-corrected chi connectivity index (χ0v) is 6.87. The van der Waals surface area contributed by atoms with Crippen molar-refractivity contribution in [3.63, 3.8) is 0 Å². The zero-order valence-electron chi connectivity index (χ0n) is 6.87. The molecule has 12 heavy (non-hydrogen) atoms. The van der Waals surface area contributed by atoms with Crippen LogP contribution in [0, 0.1) is 5.92 Å². The van der Waals surface area contributed by atoms with Crippen LogP contribution in [0.5, 0.6) is 0 Å². The van der Waals surface area contributed by atoms with Gasteiger partial charge in [0, 0.05) is 6.04 Å². The molecule has 4 nitrogen and oxygen atoms in total. The van der Waals surface area contributed by atoms with Crippen LogP contribution >= 0.6 is 0 Å². The molecule has 2 atom stereocenters. The Kier molecular flexibility index (Phi) is 1.60. The van der Waals surface area contributed by atoms with E-state index in [1.54, 1.807) is 0 Å². The number of hydrogen-bond acceptors (Lipinski definition) is 2. The van der Waals surface area contributed by atoms with Crippen molar-refractivity contribution < 1.29 is 4.79 Å². The summed E-state index contributed by atoms with van der Waals surface area (Å²) in [5, 5.41) is 2.90. The van der Waals surface area contributed by atoms with Gasteiger partial charge in [-0.25, -0.2) is 4.98 Å². The average Bonchev–Trinajstić information content (AvgIpc) is 2.58. The Labute approximate surface area is 70.4 Å². The molecule has 0 spiro atoms. The van der Waals surface area contributed by atoms with E-state index in [2.05, 4.69) is 22.2 Å². The number of rotatable bonds is 2. The van der Waals surface area contributed by atoms with Gasteiger partial charge in [-0.1, -0.05) is 6.92 Å². The van der Waals surface area contributed by atoms with E-state index in [0.29, 0.717) is 17.7 Å². The second kappa shape index (κ2) is 2.62. The van der Waals surface area contributed by atoms with E-state index < -0.39 is 0 Å². The fraction of sp³-hybridized carbons (Fsp3) is 0.500. The van der Waals surface area contributed by atoms with Gasteiger partial charge in [0.05, 0.1) is 12.5 Å². The summed E-state index contributed by atoms with van der Waals surface area (Å²) in [7, 11) is 0. The highest BCUT2D eigenvalue weighted by Gasteiger charge is 2.34. The summed E-state index contributed by atoms with van der Waals surface area (Å²) < 4.78 is 0. The number of hydrogen-bond donors (Lipinski definition) is 2. The Hall–Kier alpha value is -1.32. The number of amides is 1. The van der Waals surface area contributed by atoms with Gasteiger partial charge in [-0.2, -0.15) is 0 Å². The summed E-state index contributed by atoms with van der Waals surface area (Å²) >= 11 is 0. The summed E-state index contributed by atoms with van der Waals surface area (Å²) in [5.74, 6) is 0.582. The number of carbonyl (C=O) groups is 1. The average molecular weight is 165 g/mol. The highest BCUT2D eigenvalue weighted by Crippen LogP contribution is 2.28. The van der Waals surface area contributed by atoms with Crippen molar-refractivity contribution in [2.45, 2.75) is 19.4 Å². The molecule has 64 valence electrons. The molecule has 1 aromatic rings. The number of aromatic nitrogens is 2. The van der Waals surface area contributed by atoms with Crippen LogP contribution in [0.15, 0.2) is 12.5 Å². The van der Waals surface area contributed by atoms with Crippen LogP contribution in [0.2, 0.25) is 0 Å². The van der Waals surface area contributed by atoms with Crippen LogP contribution in [0.4, 0.5) is 0 Å². The lowest BCUT2D eigenvalue weighted by molar-refractivity contribution is 0.0945. The fourth-order valence-electron chi connectivity index (χ4n) is 1.15. The lowest BCUT2D eigenvalue weighted by Crippen LogP contribution is -2.26. The summed E-state index contributed by atoms with van der Waals surface area (Å²) in [6.45, 7) is 2.12. The summed E-state index contributed by atoms with van der Waals surface area (Å²) in [6.07, 6.45) is 4.13. The molecular weight excluding hydrogens is 154 g/mol. The minimum absolute atomic E-state index is 0.0538. The number of H-pyrrole nitrogens is 1. The first-order chi connectivity index (χ1) is 5.77. The molecule has 1 amide bonds. The molecule has 1 aliphatic carbocycles. The van der Waals surface area contributed by atoms with Gasteiger partial charge >= 0.3 is 0 Å². The van der Waals surface area contributed by atoms with Gasteiger partial charge < -0.3 is 10.3 Å². The second-order valence-corrected chi connectivity index (χ2v) is 3.26. The molecule has 0 saturated heterocycles. The highest BCUT2D eigenvalue weighted by molar-refractivity contribution is 5.92. The fourth-order valence-corrected chi connectivity index (χ4v) is 1.15. The molecule has 2 N–H and O–H groups in total. The summed E-state index contributed by atoms with van der Waals surface area (Å²) in [4.78, 5) is 17.9. The van der Waals surface area contributed by atoms with Gasteiger partial charge in [-0.05, 0) is 12.3 Å². The predicted molar refractivity (Wildman–Crippen MR) is 43.6 cm³/mol. The number of nitrogens with zero attached hydrogens (tertiary/aromatic N) is 1. The summed E-state index contributed by atoms with van der Waals surface area (Å²) in [5.41, 5.74) is 0.536. The Balaban J connectivity index is 1.93. The van der Waals surface area contributed by atoms with Crippen molar-refractivity contribution in [1.82, 2.24) is 15.3 Å². The first-order valence-corrected chi connectivity index (χ1v) is 4.06. The molecule has 1 saturated carbocycles. The molecular formula is C8H11N3O. The molecule has 1 fully saturated rings. The van der Waals surface area contributed by atoms with E-state index in [1.165, 1.54) is 12.5 Å². The molecule has 1 aliphatic rings. The highest BCUT2D eigenvalue weighted by atomic mass is 16.2. The van der Waals surface area contributed by atoms with Crippen molar-refractivity contribution in [3.05, 3.63) is 18.2 Å². The van der Waals surface area contributed by atoms with Gasteiger partial charge in [0.25, 0.3) is 5.91 Å². The number of nitrogens with one attached hydrogen (secondary N) is 2. The van der Waals surface area contributed by atoms with Crippen LogP contribution in [-0.4, -0.2) is 21.9 Å². The Morgan fingerprint density at radius 1 is 1.83 bits per heavy atom. The van der Waals surface area contributed by atoms with E-state index in [9.17, 15) is 4.79 Å². The van der Waals surface area contributed by atoms with Gasteiger partial charge in [-0.15, -0.1) is 0 Å². The third-order valence-electron chi connectivity index (χ3n) is 2.17. The van der Waals surface area contributed by atoms with Crippen molar-refractivity contribution in [3.8, 4) is 0 Å². The van der Waals surface area contributed by atoms with Gasteiger partial charge in [-0.3, -0.25) is 4.79 Å². The van der Waals surface area contributed by atoms with Gasteiger partial charge in [0.15, 0.2) is 0 Å². The standard InChI is InChI=1S/C8H11N3O/c1-5-2-6(5)11-8(12)7-3-9-4-10-7/h3-6H,2H2,1H3,(H,9,10)(H,11,12)/t5-,6?/m0/s1. The van der Waals surface area contributed by atoms with E-state index in [4.69, 9.17) is 0 Å². The maximum atomic E-state index is 11.3. The number of carbonyl (C=O) groups excluding carboxylic acids is 1. The molecule has 0 aliphatic heterocycles. The van der Waals surface area contributed by atoms with Crippen LogP contribution in [0.1, 0.15) is 23.8 Å². The Bertz CT molecular complexity index is 281. The van der Waals surface area contributed by atoms with Crippen molar-refractivity contribution in [2.24, 2.45) is 5.92 Å². The Morgan fingerprint density at radius 3 is 3.08 bits per heavy atom. The molecule has 1 heterocycles. The first-order valence-electron chi connectivity index (χ1n) is 4.06. The topological polar surface area (TPSA) is 57.8 Å². The lowest BCUT2D eigenvalue weighted by atomic mass is 10.4. The third-order valence-corrected chi connectivity index (χ3v) is 2.17. The van der Waals surface area contributed by atoms with Crippen molar-refractivity contribution in [1.29, 1.82) is 0 Å². The van der Waals surface area contributed by atoms with Crippen molar-refractivity contribution >= 4 is 5.91 Å². The Morgan fingerprint density at radius 2 is 2.58 bits per heavy atom. The molecule has 0 radical (unpaired) electrons. The normalized spacial score (nSPS) is 26.8. The minimum Gasteiger partial charge on any atom is -0.348 e. The van der Waals surface area contributed by atoms with Crippen LogP contribution < -0.4 is 5.32 Å². The van der Waals surface area contributed by atoms with Gasteiger partial charge in [0.1, 0.15) is 5.69 Å². The third kappa shape index (κ3) is 1.32. The van der Waals surface area contributed by atoms with E-state index in [1.807, 2.05) is 0 Å². The smallest absolute Gasteiger partial charge is 0.269 e. The zero-order chi connectivity index (χ0) is 8.55. The maximum Gasteiger partial charge on any atom is 0.269 e. The quantitative estimate of drug-likeness (QED) is 0.672. The number of imidazole rings is 1. The van der Waals surface area contributed by atoms with Crippen LogP contribution in [0.25, 0.3) is 0 Å². The molecule has 0 bridgehead atoms. The predicted octanol–water partition coefficient (Wildman–Crippen LogP) is 0.548. The molecule has 2 rings (SSSR count). The van der Waals surface area contributed by atoms with E-state index in [0.717, 1.165) is 6.42 Å². The summed E-state index contributed by atoms with van der Waals surface area (Å²) in [6, 6.07) is 0.376. The van der Waals surface area contributed by atoms with Gasteiger partial charge in [0.2, 0.25) is 0 Å². The number of aromatic amines is 1. The molecule has 4 heteroatoms. The second-order valence-electron chi connectivity index (χ2n) is 3.26.